The van der Waals surface area contributed by atoms with E-state index < -0.39 is 0 Å². The second kappa shape index (κ2) is 0.971. The van der Waals surface area contributed by atoms with Gasteiger partial charge in [0.15, 0.2) is 6.04 Å². The van der Waals surface area contributed by atoms with E-state index in [9.17, 15) is 0 Å². The molecule has 0 aromatic rings. The molecule has 0 N–H and O–H groups in total. The highest BCUT2D eigenvalue weighted by Gasteiger charge is 2.81. The molecule has 8 heavy (non-hydrogen) atoms. The maximum atomic E-state index is 2.37. The third-order valence-electron chi connectivity index (χ3n) is 3.17. The lowest BCUT2D eigenvalue weighted by atomic mass is 10.3. The van der Waals surface area contributed by atoms with Crippen molar-refractivity contribution in [2.75, 3.05) is 6.54 Å². The lowest BCUT2D eigenvalue weighted by Gasteiger charge is -2.11. The molecule has 2 heterocycles. The Labute approximate surface area is 50.9 Å². The minimum atomic E-state index is 0.898. The molecule has 46 valence electrons. The van der Waals surface area contributed by atoms with Crippen molar-refractivity contribution < 1.29 is 4.48 Å². The first kappa shape index (κ1) is 4.80. The Balaban J connectivity index is 2.09. The van der Waals surface area contributed by atoms with E-state index in [-0.39, 0.29) is 0 Å². The number of hydrogen-bond donors (Lipinski definition) is 0. The molecule has 2 rings (SSSR count). The highest BCUT2D eigenvalue weighted by atomic mass is 15.7. The summed E-state index contributed by atoms with van der Waals surface area (Å²) in [5, 5.41) is 0. The summed E-state index contributed by atoms with van der Waals surface area (Å²) in [4.78, 5) is 0. The van der Waals surface area contributed by atoms with Crippen LogP contribution in [0.25, 0.3) is 0 Å². The van der Waals surface area contributed by atoms with Crippen LogP contribution in [0, 0.1) is 0 Å². The van der Waals surface area contributed by atoms with Crippen molar-refractivity contribution in [3.05, 3.63) is 0 Å². The van der Waals surface area contributed by atoms with Crippen LogP contribution in [0.15, 0.2) is 0 Å². The zero-order chi connectivity index (χ0) is 5.94. The Kier molecular flexibility index (Phi) is 0.583. The van der Waals surface area contributed by atoms with Gasteiger partial charge in [0, 0.05) is 0 Å². The summed E-state index contributed by atoms with van der Waals surface area (Å²) in [5.74, 6) is 0. The first-order valence-electron chi connectivity index (χ1n) is 3.56. The Morgan fingerprint density at radius 3 is 2.00 bits per heavy atom. The average Bonchev–Trinajstić information content (AvgIpc) is 2.47. The van der Waals surface area contributed by atoms with E-state index in [1.54, 1.807) is 0 Å². The molecule has 0 aromatic heterocycles. The number of quaternary nitrogens is 1. The van der Waals surface area contributed by atoms with Crippen molar-refractivity contribution in [3.8, 4) is 0 Å². The van der Waals surface area contributed by atoms with E-state index in [1.165, 1.54) is 11.0 Å². The van der Waals surface area contributed by atoms with E-state index >= 15 is 0 Å². The molecule has 0 aliphatic carbocycles. The van der Waals surface area contributed by atoms with Crippen LogP contribution in [0.1, 0.15) is 20.8 Å². The maximum Gasteiger partial charge on any atom is 0.191 e. The third-order valence-corrected chi connectivity index (χ3v) is 3.17. The Morgan fingerprint density at radius 1 is 1.50 bits per heavy atom. The van der Waals surface area contributed by atoms with Crippen LogP contribution in [0.2, 0.25) is 0 Å². The van der Waals surface area contributed by atoms with Gasteiger partial charge in [0.25, 0.3) is 0 Å². The Hall–Kier alpha value is -0.0400. The highest BCUT2D eigenvalue weighted by Crippen LogP contribution is 2.57. The summed E-state index contributed by atoms with van der Waals surface area (Å²) < 4.78 is 1.46. The quantitative estimate of drug-likeness (QED) is 0.350. The fourth-order valence-corrected chi connectivity index (χ4v) is 2.19. The molecule has 0 bridgehead atoms. The predicted molar refractivity (Wildman–Crippen MR) is 33.5 cm³/mol. The van der Waals surface area contributed by atoms with Gasteiger partial charge >= 0.3 is 0 Å². The van der Waals surface area contributed by atoms with Crippen molar-refractivity contribution >= 4 is 0 Å². The van der Waals surface area contributed by atoms with Gasteiger partial charge in [-0.1, -0.05) is 0 Å². The molecule has 1 nitrogen and oxygen atoms in total. The van der Waals surface area contributed by atoms with Gasteiger partial charge in [-0.05, 0) is 20.8 Å². The number of rotatable bonds is 1. The minimum Gasteiger partial charge on any atom is -0.297 e. The van der Waals surface area contributed by atoms with E-state index in [2.05, 4.69) is 20.8 Å². The predicted octanol–water partition coefficient (Wildman–Crippen LogP) is 0.996. The van der Waals surface area contributed by atoms with Crippen molar-refractivity contribution in [2.45, 2.75) is 38.9 Å². The first-order chi connectivity index (χ1) is 3.69. The summed E-state index contributed by atoms with van der Waals surface area (Å²) in [7, 11) is 0. The van der Waals surface area contributed by atoms with Gasteiger partial charge in [0.2, 0.25) is 0 Å². The topological polar surface area (TPSA) is 0 Å². The van der Waals surface area contributed by atoms with E-state index in [0.717, 1.165) is 18.1 Å². The SMILES string of the molecule is CC(C)[N+]12CC1C2C. The van der Waals surface area contributed by atoms with Crippen LogP contribution in [0.3, 0.4) is 0 Å². The van der Waals surface area contributed by atoms with Crippen molar-refractivity contribution in [1.29, 1.82) is 0 Å². The number of nitrogens with zero attached hydrogens (tertiary/aromatic N) is 1. The maximum absolute atomic E-state index is 2.37. The molecule has 1 heteroatoms. The largest absolute Gasteiger partial charge is 0.297 e. The third kappa shape index (κ3) is 0.278. The second-order valence-electron chi connectivity index (χ2n) is 3.58. The van der Waals surface area contributed by atoms with Crippen molar-refractivity contribution in [3.63, 3.8) is 0 Å². The summed E-state index contributed by atoms with van der Waals surface area (Å²) in [6.07, 6.45) is 0. The van der Waals surface area contributed by atoms with Gasteiger partial charge in [-0.3, -0.25) is 4.48 Å². The summed E-state index contributed by atoms with van der Waals surface area (Å²) in [6, 6.07) is 3.01. The number of hydrogen-bond acceptors (Lipinski definition) is 0. The summed E-state index contributed by atoms with van der Waals surface area (Å²) >= 11 is 0. The molecule has 0 radical (unpaired) electrons. The van der Waals surface area contributed by atoms with Crippen molar-refractivity contribution in [1.82, 2.24) is 0 Å². The average molecular weight is 112 g/mol. The zero-order valence-corrected chi connectivity index (χ0v) is 5.89. The smallest absolute Gasteiger partial charge is 0.191 e. The molecule has 2 aliphatic heterocycles. The van der Waals surface area contributed by atoms with E-state index in [4.69, 9.17) is 0 Å². The minimum absolute atomic E-state index is 0.898. The molecule has 0 amide bonds. The van der Waals surface area contributed by atoms with Crippen molar-refractivity contribution in [2.24, 2.45) is 0 Å². The lowest BCUT2D eigenvalue weighted by molar-refractivity contribution is -0.745. The van der Waals surface area contributed by atoms with Gasteiger partial charge < -0.3 is 0 Å². The van der Waals surface area contributed by atoms with Crippen LogP contribution in [0.5, 0.6) is 0 Å². The van der Waals surface area contributed by atoms with Crippen LogP contribution >= 0.6 is 0 Å². The van der Waals surface area contributed by atoms with Gasteiger partial charge in [-0.15, -0.1) is 0 Å². The molecule has 2 aliphatic rings. The first-order valence-corrected chi connectivity index (χ1v) is 3.56. The van der Waals surface area contributed by atoms with Gasteiger partial charge in [-0.25, -0.2) is 0 Å². The van der Waals surface area contributed by atoms with E-state index in [0.29, 0.717) is 0 Å². The summed E-state index contributed by atoms with van der Waals surface area (Å²) in [5.41, 5.74) is 0. The molecule has 0 saturated carbocycles. The van der Waals surface area contributed by atoms with Crippen LogP contribution < -0.4 is 0 Å². The van der Waals surface area contributed by atoms with Crippen LogP contribution in [-0.4, -0.2) is 29.2 Å². The highest BCUT2D eigenvalue weighted by molar-refractivity contribution is 5.00. The van der Waals surface area contributed by atoms with Gasteiger partial charge in [-0.2, -0.15) is 0 Å². The molecule has 2 fully saturated rings. The Morgan fingerprint density at radius 2 is 2.00 bits per heavy atom. The monoisotopic (exact) mass is 112 g/mol. The Bertz CT molecular complexity index is 124. The molecule has 3 unspecified atom stereocenters. The lowest BCUT2D eigenvalue weighted by Crippen LogP contribution is -2.26. The number of fused-ring (bicyclic) bond motifs is 1. The van der Waals surface area contributed by atoms with E-state index in [1.807, 2.05) is 0 Å². The normalized spacial score (nSPS) is 58.5. The molecule has 3 atom stereocenters. The van der Waals surface area contributed by atoms with Crippen LogP contribution in [0.4, 0.5) is 0 Å². The standard InChI is InChI=1S/C7H14N/c1-5(2)8-4-7(8)6(8)3/h5-7H,4H2,1-3H3/q+1. The van der Waals surface area contributed by atoms with Crippen LogP contribution in [-0.2, 0) is 0 Å². The van der Waals surface area contributed by atoms with Gasteiger partial charge in [0.1, 0.15) is 12.6 Å². The molecule has 0 aromatic carbocycles. The molecule has 0 spiro atoms. The fraction of sp³-hybridized carbons (Fsp3) is 1.00. The molecule has 2 saturated heterocycles. The fourth-order valence-electron chi connectivity index (χ4n) is 2.19. The second-order valence-corrected chi connectivity index (χ2v) is 3.58. The summed E-state index contributed by atoms with van der Waals surface area (Å²) in [6.45, 7) is 8.53. The molecular weight excluding hydrogens is 98.1 g/mol. The molecular formula is C7H14N+. The zero-order valence-electron chi connectivity index (χ0n) is 5.89. The van der Waals surface area contributed by atoms with Gasteiger partial charge in [0.05, 0.1) is 6.04 Å².